The third kappa shape index (κ3) is 3.63. The van der Waals surface area contributed by atoms with Crippen LogP contribution in [0.5, 0.6) is 0 Å². The highest BCUT2D eigenvalue weighted by atomic mass is 35.5. The van der Waals surface area contributed by atoms with Crippen LogP contribution in [-0.4, -0.2) is 30.0 Å². The molecule has 1 aromatic carbocycles. The normalized spacial score (nSPS) is 11.2. The van der Waals surface area contributed by atoms with E-state index in [4.69, 9.17) is 16.2 Å². The summed E-state index contributed by atoms with van der Waals surface area (Å²) in [6.07, 6.45) is 0.510. The summed E-state index contributed by atoms with van der Waals surface area (Å²) in [5.41, 5.74) is 6.73. The molecule has 1 rings (SSSR count). The number of rotatable bonds is 5. The van der Waals surface area contributed by atoms with Gasteiger partial charge in [0.1, 0.15) is 11.9 Å². The van der Waals surface area contributed by atoms with E-state index >= 15 is 0 Å². The summed E-state index contributed by atoms with van der Waals surface area (Å²) >= 11 is 0. The van der Waals surface area contributed by atoms with Crippen LogP contribution < -0.4 is 10.6 Å². The van der Waals surface area contributed by atoms with Crippen LogP contribution in [0.2, 0.25) is 0 Å². The fourth-order valence-corrected chi connectivity index (χ4v) is 1.69. The van der Waals surface area contributed by atoms with E-state index in [9.17, 15) is 4.79 Å². The van der Waals surface area contributed by atoms with Crippen molar-refractivity contribution in [1.29, 1.82) is 5.41 Å². The number of anilines is 1. The quantitative estimate of drug-likeness (QED) is 0.561. The Morgan fingerprint density at radius 3 is 2.61 bits per heavy atom. The maximum atomic E-state index is 11.1. The molecule has 0 spiro atoms. The van der Waals surface area contributed by atoms with Gasteiger partial charge in [-0.15, -0.1) is 12.4 Å². The van der Waals surface area contributed by atoms with Crippen LogP contribution in [0.25, 0.3) is 0 Å². The first-order valence-electron chi connectivity index (χ1n) is 5.37. The second-order valence-corrected chi connectivity index (χ2v) is 3.84. The van der Waals surface area contributed by atoms with E-state index < -0.39 is 12.0 Å². The fraction of sp³-hybridized carbons (Fsp3) is 0.333. The number of carboxylic acids is 1. The number of halogens is 1. The molecule has 0 saturated heterocycles. The molecular formula is C12H18ClN3O2. The molecule has 1 aromatic rings. The van der Waals surface area contributed by atoms with Crippen LogP contribution in [0.3, 0.4) is 0 Å². The molecule has 0 radical (unpaired) electrons. The molecular weight excluding hydrogens is 254 g/mol. The number of nitrogens with one attached hydrogen (secondary N) is 1. The van der Waals surface area contributed by atoms with Gasteiger partial charge in [0.2, 0.25) is 0 Å². The van der Waals surface area contributed by atoms with Crippen LogP contribution in [0, 0.1) is 5.41 Å². The van der Waals surface area contributed by atoms with Crippen LogP contribution in [0.4, 0.5) is 5.69 Å². The van der Waals surface area contributed by atoms with Crippen molar-refractivity contribution in [2.75, 3.05) is 11.9 Å². The molecule has 5 nitrogen and oxygen atoms in total. The highest BCUT2D eigenvalue weighted by molar-refractivity contribution is 5.96. The Morgan fingerprint density at radius 2 is 2.17 bits per heavy atom. The lowest BCUT2D eigenvalue weighted by molar-refractivity contribution is -0.138. The predicted molar refractivity (Wildman–Crippen MR) is 74.8 cm³/mol. The number of hydrogen-bond donors (Lipinski definition) is 3. The summed E-state index contributed by atoms with van der Waals surface area (Å²) in [7, 11) is 1.72. The smallest absolute Gasteiger partial charge is 0.326 e. The molecule has 0 saturated carbocycles. The maximum absolute atomic E-state index is 11.1. The first kappa shape index (κ1) is 16.2. The number of nitrogen functional groups attached to an aromatic ring is 1. The SMILES string of the molecule is CCC(C(=O)O)N(C)c1cccc(C(=N)N)c1.Cl. The number of carbonyl (C=O) groups is 1. The van der Waals surface area contributed by atoms with Crippen LogP contribution >= 0.6 is 12.4 Å². The van der Waals surface area contributed by atoms with Crippen molar-refractivity contribution in [3.05, 3.63) is 29.8 Å². The lowest BCUT2D eigenvalue weighted by atomic mass is 10.1. The zero-order valence-electron chi connectivity index (χ0n) is 10.4. The molecule has 18 heavy (non-hydrogen) atoms. The topological polar surface area (TPSA) is 90.4 Å². The lowest BCUT2D eigenvalue weighted by Gasteiger charge is -2.26. The number of likely N-dealkylation sites (N-methyl/N-ethyl adjacent to an activating group) is 1. The van der Waals surface area contributed by atoms with Gasteiger partial charge in [0.05, 0.1) is 0 Å². The van der Waals surface area contributed by atoms with E-state index in [1.807, 2.05) is 6.92 Å². The Bertz CT molecular complexity index is 437. The first-order chi connectivity index (χ1) is 7.97. The van der Waals surface area contributed by atoms with E-state index in [0.717, 1.165) is 5.69 Å². The van der Waals surface area contributed by atoms with Gasteiger partial charge in [-0.05, 0) is 18.6 Å². The van der Waals surface area contributed by atoms with Crippen molar-refractivity contribution in [2.24, 2.45) is 5.73 Å². The summed E-state index contributed by atoms with van der Waals surface area (Å²) in [6, 6.07) is 6.43. The number of amidine groups is 1. The summed E-state index contributed by atoms with van der Waals surface area (Å²) in [5.74, 6) is -0.883. The zero-order valence-corrected chi connectivity index (χ0v) is 11.2. The van der Waals surface area contributed by atoms with Gasteiger partial charge in [0.15, 0.2) is 0 Å². The summed E-state index contributed by atoms with van der Waals surface area (Å²) in [4.78, 5) is 12.7. The minimum atomic E-state index is -0.858. The number of aliphatic carboxylic acids is 1. The molecule has 0 bridgehead atoms. The van der Waals surface area contributed by atoms with Gasteiger partial charge in [-0.1, -0.05) is 19.1 Å². The highest BCUT2D eigenvalue weighted by Crippen LogP contribution is 2.18. The standard InChI is InChI=1S/C12H17N3O2.ClH/c1-3-10(12(16)17)15(2)9-6-4-5-8(7-9)11(13)14;/h4-7,10H,3H2,1-2H3,(H3,13,14)(H,16,17);1H. The second kappa shape index (κ2) is 6.86. The predicted octanol–water partition coefficient (Wildman–Crippen LogP) is 1.69. The average Bonchev–Trinajstić information content (AvgIpc) is 2.29. The first-order valence-corrected chi connectivity index (χ1v) is 5.37. The lowest BCUT2D eigenvalue weighted by Crippen LogP contribution is -2.38. The van der Waals surface area contributed by atoms with Crippen molar-refractivity contribution >= 4 is 29.9 Å². The summed E-state index contributed by atoms with van der Waals surface area (Å²) < 4.78 is 0. The Labute approximate surface area is 113 Å². The summed E-state index contributed by atoms with van der Waals surface area (Å²) in [5, 5.41) is 16.4. The van der Waals surface area contributed by atoms with Crippen molar-refractivity contribution in [3.63, 3.8) is 0 Å². The van der Waals surface area contributed by atoms with Gasteiger partial charge < -0.3 is 15.7 Å². The molecule has 4 N–H and O–H groups in total. The minimum Gasteiger partial charge on any atom is -0.480 e. The van der Waals surface area contributed by atoms with Gasteiger partial charge in [-0.3, -0.25) is 5.41 Å². The van der Waals surface area contributed by atoms with Gasteiger partial charge in [-0.25, -0.2) is 4.79 Å². The number of nitrogens with zero attached hydrogens (tertiary/aromatic N) is 1. The zero-order chi connectivity index (χ0) is 13.0. The van der Waals surface area contributed by atoms with Crippen LogP contribution in [0.1, 0.15) is 18.9 Å². The molecule has 0 fully saturated rings. The highest BCUT2D eigenvalue weighted by Gasteiger charge is 2.20. The van der Waals surface area contributed by atoms with Gasteiger partial charge in [-0.2, -0.15) is 0 Å². The largest absolute Gasteiger partial charge is 0.480 e. The van der Waals surface area contributed by atoms with Crippen LogP contribution in [-0.2, 0) is 4.79 Å². The van der Waals surface area contributed by atoms with Crippen molar-refractivity contribution in [1.82, 2.24) is 0 Å². The molecule has 0 aliphatic rings. The van der Waals surface area contributed by atoms with Crippen molar-refractivity contribution < 1.29 is 9.90 Å². The molecule has 6 heteroatoms. The van der Waals surface area contributed by atoms with E-state index in [2.05, 4.69) is 0 Å². The third-order valence-corrected chi connectivity index (χ3v) is 2.70. The Balaban J connectivity index is 0.00000289. The Kier molecular flexibility index (Phi) is 6.19. The van der Waals surface area contributed by atoms with E-state index in [-0.39, 0.29) is 18.2 Å². The number of nitrogens with two attached hydrogens (primary N) is 1. The molecule has 1 unspecified atom stereocenters. The number of benzene rings is 1. The monoisotopic (exact) mass is 271 g/mol. The maximum Gasteiger partial charge on any atom is 0.326 e. The molecule has 0 aliphatic carbocycles. The van der Waals surface area contributed by atoms with Crippen molar-refractivity contribution in [3.8, 4) is 0 Å². The molecule has 0 amide bonds. The number of carboxylic acid groups (broad SMARTS) is 1. The number of hydrogen-bond acceptors (Lipinski definition) is 3. The molecule has 0 aliphatic heterocycles. The average molecular weight is 272 g/mol. The molecule has 0 aromatic heterocycles. The van der Waals surface area contributed by atoms with E-state index in [1.165, 1.54) is 0 Å². The van der Waals surface area contributed by atoms with Gasteiger partial charge in [0.25, 0.3) is 0 Å². The van der Waals surface area contributed by atoms with Crippen molar-refractivity contribution in [2.45, 2.75) is 19.4 Å². The fourth-order valence-electron chi connectivity index (χ4n) is 1.69. The van der Waals surface area contributed by atoms with E-state index in [0.29, 0.717) is 12.0 Å². The molecule has 100 valence electrons. The van der Waals surface area contributed by atoms with Gasteiger partial charge >= 0.3 is 5.97 Å². The minimum absolute atomic E-state index is 0. The van der Waals surface area contributed by atoms with E-state index in [1.54, 1.807) is 36.2 Å². The second-order valence-electron chi connectivity index (χ2n) is 3.84. The van der Waals surface area contributed by atoms with Gasteiger partial charge in [0, 0.05) is 18.3 Å². The molecule has 0 heterocycles. The third-order valence-electron chi connectivity index (χ3n) is 2.70. The summed E-state index contributed by atoms with van der Waals surface area (Å²) in [6.45, 7) is 1.82. The van der Waals surface area contributed by atoms with Crippen LogP contribution in [0.15, 0.2) is 24.3 Å². The Morgan fingerprint density at radius 1 is 1.56 bits per heavy atom. The Hall–Kier alpha value is -1.75. The molecule has 1 atom stereocenters.